The first-order valence-corrected chi connectivity index (χ1v) is 5.27. The number of likely N-dealkylation sites (N-methyl/N-ethyl adjacent to an activating group) is 1. The Morgan fingerprint density at radius 2 is 2.07 bits per heavy atom. The van der Waals surface area contributed by atoms with Gasteiger partial charge in [0.05, 0.1) is 6.67 Å². The van der Waals surface area contributed by atoms with Crippen LogP contribution in [0.1, 0.15) is 18.9 Å². The molecule has 1 atom stereocenters. The average molecular weight is 204 g/mol. The first-order chi connectivity index (χ1) is 7.21. The molecule has 2 rings (SSSR count). The molecule has 1 saturated heterocycles. The number of amides is 1. The molecule has 1 heterocycles. The summed E-state index contributed by atoms with van der Waals surface area (Å²) >= 11 is 0. The minimum atomic E-state index is -0.471. The fraction of sp³-hybridized carbons (Fsp3) is 0.417. The molecular formula is C12H16N2O. The summed E-state index contributed by atoms with van der Waals surface area (Å²) in [6.45, 7) is 2.68. The number of carbonyl (C=O) groups is 1. The van der Waals surface area contributed by atoms with E-state index in [0.717, 1.165) is 12.0 Å². The normalized spacial score (nSPS) is 26.7. The van der Waals surface area contributed by atoms with Crippen molar-refractivity contribution < 1.29 is 4.79 Å². The van der Waals surface area contributed by atoms with Crippen molar-refractivity contribution in [2.45, 2.75) is 18.9 Å². The van der Waals surface area contributed by atoms with E-state index in [-0.39, 0.29) is 5.91 Å². The van der Waals surface area contributed by atoms with E-state index in [4.69, 9.17) is 0 Å². The van der Waals surface area contributed by atoms with E-state index >= 15 is 0 Å². The maximum atomic E-state index is 12.0. The molecule has 0 spiro atoms. The van der Waals surface area contributed by atoms with E-state index in [9.17, 15) is 4.79 Å². The Bertz CT molecular complexity index is 363. The predicted octanol–water partition coefficient (Wildman–Crippen LogP) is 1.31. The van der Waals surface area contributed by atoms with Crippen molar-refractivity contribution in [3.63, 3.8) is 0 Å². The van der Waals surface area contributed by atoms with Crippen molar-refractivity contribution in [2.24, 2.45) is 0 Å². The van der Waals surface area contributed by atoms with Crippen molar-refractivity contribution >= 4 is 5.91 Å². The SMILES string of the molecule is CCC1(c2ccccc2)C(=O)NCN1C. The second-order valence-electron chi connectivity index (χ2n) is 3.94. The maximum absolute atomic E-state index is 12.0. The third kappa shape index (κ3) is 1.35. The lowest BCUT2D eigenvalue weighted by Gasteiger charge is -2.32. The molecule has 0 aliphatic carbocycles. The van der Waals surface area contributed by atoms with Gasteiger partial charge in [0.25, 0.3) is 0 Å². The van der Waals surface area contributed by atoms with Crippen LogP contribution >= 0.6 is 0 Å². The molecule has 3 heteroatoms. The molecule has 1 aliphatic heterocycles. The molecule has 0 radical (unpaired) electrons. The van der Waals surface area contributed by atoms with Gasteiger partial charge in [0, 0.05) is 0 Å². The van der Waals surface area contributed by atoms with E-state index in [2.05, 4.69) is 17.1 Å². The molecule has 1 aromatic carbocycles. The summed E-state index contributed by atoms with van der Waals surface area (Å²) in [5, 5.41) is 2.90. The molecule has 3 nitrogen and oxygen atoms in total. The first kappa shape index (κ1) is 10.2. The molecule has 0 bridgehead atoms. The third-order valence-electron chi connectivity index (χ3n) is 3.27. The smallest absolute Gasteiger partial charge is 0.246 e. The summed E-state index contributed by atoms with van der Waals surface area (Å²) in [7, 11) is 1.98. The van der Waals surface area contributed by atoms with E-state index in [0.29, 0.717) is 6.67 Å². The molecule has 1 aromatic rings. The van der Waals surface area contributed by atoms with Crippen molar-refractivity contribution in [3.8, 4) is 0 Å². The number of hydrogen-bond acceptors (Lipinski definition) is 2. The largest absolute Gasteiger partial charge is 0.341 e. The monoisotopic (exact) mass is 204 g/mol. The highest BCUT2D eigenvalue weighted by Gasteiger charge is 2.46. The van der Waals surface area contributed by atoms with Gasteiger partial charge >= 0.3 is 0 Å². The van der Waals surface area contributed by atoms with Crippen LogP contribution in [-0.4, -0.2) is 24.5 Å². The van der Waals surface area contributed by atoms with Crippen LogP contribution in [0, 0.1) is 0 Å². The quantitative estimate of drug-likeness (QED) is 0.787. The lowest BCUT2D eigenvalue weighted by Crippen LogP contribution is -2.43. The van der Waals surface area contributed by atoms with Gasteiger partial charge in [-0.1, -0.05) is 37.3 Å². The summed E-state index contributed by atoms with van der Waals surface area (Å²) in [5.41, 5.74) is 0.603. The van der Waals surface area contributed by atoms with Crippen LogP contribution in [0.15, 0.2) is 30.3 Å². The molecule has 1 fully saturated rings. The predicted molar refractivity (Wildman–Crippen MR) is 59.2 cm³/mol. The zero-order valence-corrected chi connectivity index (χ0v) is 9.16. The number of hydrogen-bond donors (Lipinski definition) is 1. The Morgan fingerprint density at radius 3 is 2.53 bits per heavy atom. The van der Waals surface area contributed by atoms with Crippen molar-refractivity contribution in [1.82, 2.24) is 10.2 Å². The fourth-order valence-corrected chi connectivity index (χ4v) is 2.34. The number of benzene rings is 1. The maximum Gasteiger partial charge on any atom is 0.246 e. The molecule has 1 amide bonds. The van der Waals surface area contributed by atoms with Gasteiger partial charge in [-0.15, -0.1) is 0 Å². The van der Waals surface area contributed by atoms with Gasteiger partial charge in [-0.2, -0.15) is 0 Å². The van der Waals surface area contributed by atoms with Gasteiger partial charge in [-0.25, -0.2) is 0 Å². The van der Waals surface area contributed by atoms with Crippen molar-refractivity contribution in [3.05, 3.63) is 35.9 Å². The Balaban J connectivity index is 2.50. The topological polar surface area (TPSA) is 32.3 Å². The van der Waals surface area contributed by atoms with Crippen molar-refractivity contribution in [1.29, 1.82) is 0 Å². The Kier molecular flexibility index (Phi) is 2.49. The lowest BCUT2D eigenvalue weighted by molar-refractivity contribution is -0.126. The van der Waals surface area contributed by atoms with Gasteiger partial charge in [0.1, 0.15) is 5.54 Å². The Labute approximate surface area is 90.1 Å². The fourth-order valence-electron chi connectivity index (χ4n) is 2.34. The molecular weight excluding hydrogens is 188 g/mol. The standard InChI is InChI=1S/C12H16N2O/c1-3-12(10-7-5-4-6-8-10)11(15)13-9-14(12)2/h4-8H,3,9H2,1-2H3,(H,13,15). The van der Waals surface area contributed by atoms with Crippen LogP contribution in [0.5, 0.6) is 0 Å². The van der Waals surface area contributed by atoms with E-state index in [1.807, 2.05) is 37.4 Å². The Morgan fingerprint density at radius 1 is 1.40 bits per heavy atom. The molecule has 15 heavy (non-hydrogen) atoms. The highest BCUT2D eigenvalue weighted by molar-refractivity contribution is 5.89. The molecule has 0 aromatic heterocycles. The summed E-state index contributed by atoms with van der Waals surface area (Å²) in [6.07, 6.45) is 0.791. The molecule has 80 valence electrons. The number of carbonyl (C=O) groups excluding carboxylic acids is 1. The van der Waals surface area contributed by atoms with Crippen LogP contribution in [0.25, 0.3) is 0 Å². The molecule has 1 unspecified atom stereocenters. The first-order valence-electron chi connectivity index (χ1n) is 5.27. The van der Waals surface area contributed by atoms with Crippen LogP contribution in [0.3, 0.4) is 0 Å². The van der Waals surface area contributed by atoms with Gasteiger partial charge in [0.2, 0.25) is 5.91 Å². The summed E-state index contributed by atoms with van der Waals surface area (Å²) < 4.78 is 0. The van der Waals surface area contributed by atoms with Gasteiger partial charge in [-0.3, -0.25) is 9.69 Å². The van der Waals surface area contributed by atoms with Gasteiger partial charge < -0.3 is 5.32 Å². The minimum Gasteiger partial charge on any atom is -0.341 e. The lowest BCUT2D eigenvalue weighted by atomic mass is 9.86. The summed E-state index contributed by atoms with van der Waals surface area (Å²) in [6, 6.07) is 9.97. The van der Waals surface area contributed by atoms with Crippen molar-refractivity contribution in [2.75, 3.05) is 13.7 Å². The zero-order valence-electron chi connectivity index (χ0n) is 9.16. The van der Waals surface area contributed by atoms with E-state index < -0.39 is 5.54 Å². The van der Waals surface area contributed by atoms with E-state index in [1.54, 1.807) is 0 Å². The molecule has 1 aliphatic rings. The van der Waals surface area contributed by atoms with E-state index in [1.165, 1.54) is 0 Å². The number of nitrogens with one attached hydrogen (secondary N) is 1. The van der Waals surface area contributed by atoms with Gasteiger partial charge in [-0.05, 0) is 19.0 Å². The summed E-state index contributed by atoms with van der Waals surface area (Å²) in [4.78, 5) is 14.1. The highest BCUT2D eigenvalue weighted by Crippen LogP contribution is 2.33. The summed E-state index contributed by atoms with van der Waals surface area (Å²) in [5.74, 6) is 0.110. The average Bonchev–Trinajstić information content (AvgIpc) is 2.57. The second kappa shape index (κ2) is 3.66. The van der Waals surface area contributed by atoms with Crippen LogP contribution in [0.4, 0.5) is 0 Å². The van der Waals surface area contributed by atoms with Crippen LogP contribution in [0.2, 0.25) is 0 Å². The van der Waals surface area contributed by atoms with Crippen LogP contribution in [-0.2, 0) is 10.3 Å². The zero-order chi connectivity index (χ0) is 10.9. The minimum absolute atomic E-state index is 0.110. The number of nitrogens with zero attached hydrogens (tertiary/aromatic N) is 1. The molecule has 1 N–H and O–H groups in total. The Hall–Kier alpha value is -1.35. The second-order valence-corrected chi connectivity index (χ2v) is 3.94. The number of rotatable bonds is 2. The highest BCUT2D eigenvalue weighted by atomic mass is 16.2. The third-order valence-corrected chi connectivity index (χ3v) is 3.27. The van der Waals surface area contributed by atoms with Crippen LogP contribution < -0.4 is 5.32 Å². The molecule has 0 saturated carbocycles. The van der Waals surface area contributed by atoms with Gasteiger partial charge in [0.15, 0.2) is 0 Å².